The molecule has 0 aliphatic carbocycles. The summed E-state index contributed by atoms with van der Waals surface area (Å²) in [5.41, 5.74) is 0.495. The lowest BCUT2D eigenvalue weighted by Gasteiger charge is -2.12. The van der Waals surface area contributed by atoms with Crippen LogP contribution < -0.4 is 14.8 Å². The Morgan fingerprint density at radius 3 is 2.52 bits per heavy atom. The van der Waals surface area contributed by atoms with Gasteiger partial charge >= 0.3 is 0 Å². The van der Waals surface area contributed by atoms with Gasteiger partial charge in [0.25, 0.3) is 5.91 Å². The minimum Gasteiger partial charge on any atom is -0.484 e. The first-order valence-electron chi connectivity index (χ1n) is 8.72. The van der Waals surface area contributed by atoms with Gasteiger partial charge in [-0.15, -0.1) is 0 Å². The molecule has 1 fully saturated rings. The topological polar surface area (TPSA) is 93.7 Å². The van der Waals surface area contributed by atoms with Crippen molar-refractivity contribution in [2.75, 3.05) is 25.1 Å². The van der Waals surface area contributed by atoms with Gasteiger partial charge in [-0.1, -0.05) is 18.2 Å². The van der Waals surface area contributed by atoms with Crippen LogP contribution in [0.3, 0.4) is 0 Å². The molecule has 3 rings (SSSR count). The summed E-state index contributed by atoms with van der Waals surface area (Å²) < 4.78 is 38.0. The van der Waals surface area contributed by atoms with Gasteiger partial charge in [0, 0.05) is 18.8 Å². The number of rotatable bonds is 8. The third kappa shape index (κ3) is 5.78. The minimum absolute atomic E-state index is 0.0667. The molecule has 0 spiro atoms. The van der Waals surface area contributed by atoms with E-state index in [-0.39, 0.29) is 30.1 Å². The van der Waals surface area contributed by atoms with Gasteiger partial charge in [-0.3, -0.25) is 4.79 Å². The maximum absolute atomic E-state index is 12.3. The summed E-state index contributed by atoms with van der Waals surface area (Å²) in [6, 6.07) is 15.0. The quantitative estimate of drug-likeness (QED) is 0.720. The van der Waals surface area contributed by atoms with Crippen LogP contribution in [-0.2, 0) is 19.6 Å². The maximum atomic E-state index is 12.3. The molecule has 1 heterocycles. The normalized spacial score (nSPS) is 16.8. The predicted octanol–water partition coefficient (Wildman–Crippen LogP) is 2.16. The van der Waals surface area contributed by atoms with Crippen LogP contribution >= 0.6 is 0 Å². The molecule has 2 aromatic carbocycles. The lowest BCUT2D eigenvalue weighted by Crippen LogP contribution is -2.31. The molecule has 1 atom stereocenters. The molecular weight excluding hydrogens is 368 g/mol. The zero-order chi connectivity index (χ0) is 19.1. The Morgan fingerprint density at radius 1 is 1.11 bits per heavy atom. The van der Waals surface area contributed by atoms with E-state index in [0.717, 1.165) is 12.8 Å². The second-order valence-electron chi connectivity index (χ2n) is 6.16. The second-order valence-corrected chi connectivity index (χ2v) is 7.93. The lowest BCUT2D eigenvalue weighted by molar-refractivity contribution is -0.118. The van der Waals surface area contributed by atoms with Crippen molar-refractivity contribution < 1.29 is 22.7 Å². The van der Waals surface area contributed by atoms with Crippen LogP contribution in [0.15, 0.2) is 59.5 Å². The Kier molecular flexibility index (Phi) is 6.44. The molecule has 0 bridgehead atoms. The summed E-state index contributed by atoms with van der Waals surface area (Å²) >= 11 is 0. The molecule has 27 heavy (non-hydrogen) atoms. The lowest BCUT2D eigenvalue weighted by atomic mass is 10.2. The molecule has 0 radical (unpaired) electrons. The van der Waals surface area contributed by atoms with Gasteiger partial charge in [-0.2, -0.15) is 0 Å². The van der Waals surface area contributed by atoms with E-state index in [4.69, 9.17) is 9.47 Å². The van der Waals surface area contributed by atoms with E-state index < -0.39 is 10.0 Å². The molecule has 1 unspecified atom stereocenters. The molecule has 8 heteroatoms. The number of sulfonamides is 1. The Labute approximate surface area is 158 Å². The summed E-state index contributed by atoms with van der Waals surface area (Å²) in [5.74, 6) is 0.275. The van der Waals surface area contributed by atoms with Crippen molar-refractivity contribution in [2.45, 2.75) is 23.8 Å². The fourth-order valence-electron chi connectivity index (χ4n) is 2.67. The van der Waals surface area contributed by atoms with Crippen molar-refractivity contribution in [1.82, 2.24) is 4.72 Å². The summed E-state index contributed by atoms with van der Waals surface area (Å²) in [5, 5.41) is 2.67. The van der Waals surface area contributed by atoms with Crippen LogP contribution in [-0.4, -0.2) is 40.2 Å². The predicted molar refractivity (Wildman–Crippen MR) is 101 cm³/mol. The summed E-state index contributed by atoms with van der Waals surface area (Å²) in [6.07, 6.45) is 1.75. The van der Waals surface area contributed by atoms with E-state index in [1.807, 2.05) is 18.2 Å². The van der Waals surface area contributed by atoms with Crippen LogP contribution in [0.1, 0.15) is 12.8 Å². The number of amides is 1. The average molecular weight is 390 g/mol. The van der Waals surface area contributed by atoms with Gasteiger partial charge in [0.05, 0.1) is 11.0 Å². The number of hydrogen-bond donors (Lipinski definition) is 2. The molecule has 2 aromatic rings. The van der Waals surface area contributed by atoms with E-state index in [1.165, 1.54) is 12.1 Å². The van der Waals surface area contributed by atoms with Gasteiger partial charge in [0.2, 0.25) is 10.0 Å². The number of ether oxygens (including phenoxy) is 2. The first-order valence-corrected chi connectivity index (χ1v) is 10.2. The minimum atomic E-state index is -3.61. The Morgan fingerprint density at radius 2 is 1.85 bits per heavy atom. The Bertz CT molecular complexity index is 847. The van der Waals surface area contributed by atoms with Gasteiger partial charge in [-0.25, -0.2) is 13.1 Å². The smallest absolute Gasteiger partial charge is 0.262 e. The van der Waals surface area contributed by atoms with Crippen LogP contribution in [0.2, 0.25) is 0 Å². The van der Waals surface area contributed by atoms with Crippen molar-refractivity contribution in [3.05, 3.63) is 54.6 Å². The van der Waals surface area contributed by atoms with Crippen molar-refractivity contribution in [2.24, 2.45) is 0 Å². The molecule has 2 N–H and O–H groups in total. The Hall–Kier alpha value is -2.42. The molecule has 144 valence electrons. The number of hydrogen-bond acceptors (Lipinski definition) is 5. The zero-order valence-electron chi connectivity index (χ0n) is 14.8. The number of carbonyl (C=O) groups is 1. The molecule has 1 saturated heterocycles. The largest absolute Gasteiger partial charge is 0.484 e. The van der Waals surface area contributed by atoms with E-state index in [2.05, 4.69) is 10.0 Å². The summed E-state index contributed by atoms with van der Waals surface area (Å²) in [4.78, 5) is 12.1. The highest BCUT2D eigenvalue weighted by atomic mass is 32.2. The third-order valence-electron chi connectivity index (χ3n) is 4.09. The Balaban J connectivity index is 1.50. The van der Waals surface area contributed by atoms with Crippen molar-refractivity contribution >= 4 is 21.6 Å². The molecule has 0 saturated carbocycles. The summed E-state index contributed by atoms with van der Waals surface area (Å²) in [7, 11) is -3.61. The van der Waals surface area contributed by atoms with Crippen molar-refractivity contribution in [3.8, 4) is 5.75 Å². The standard InChI is InChI=1S/C19H22N2O5S/c22-19(14-26-16-5-2-1-3-6-16)21-15-8-10-18(11-9-15)27(23,24)20-13-17-7-4-12-25-17/h1-3,5-6,8-11,17,20H,4,7,12-14H2,(H,21,22). The zero-order valence-corrected chi connectivity index (χ0v) is 15.6. The highest BCUT2D eigenvalue weighted by molar-refractivity contribution is 7.89. The van der Waals surface area contributed by atoms with Crippen molar-refractivity contribution in [1.29, 1.82) is 0 Å². The fourth-order valence-corrected chi connectivity index (χ4v) is 3.74. The van der Waals surface area contributed by atoms with Crippen molar-refractivity contribution in [3.63, 3.8) is 0 Å². The third-order valence-corrected chi connectivity index (χ3v) is 5.53. The first-order chi connectivity index (χ1) is 13.0. The van der Waals surface area contributed by atoms with Crippen LogP contribution in [0, 0.1) is 0 Å². The molecule has 1 aliphatic rings. The van der Waals surface area contributed by atoms with Gasteiger partial charge in [0.15, 0.2) is 6.61 Å². The number of para-hydroxylation sites is 1. The van der Waals surface area contributed by atoms with Gasteiger partial charge in [-0.05, 0) is 49.2 Å². The van der Waals surface area contributed by atoms with Crippen LogP contribution in [0.4, 0.5) is 5.69 Å². The SMILES string of the molecule is O=C(COc1ccccc1)Nc1ccc(S(=O)(=O)NCC2CCCO2)cc1. The van der Waals surface area contributed by atoms with Gasteiger partial charge in [0.1, 0.15) is 5.75 Å². The molecule has 0 aromatic heterocycles. The van der Waals surface area contributed by atoms with Crippen LogP contribution in [0.5, 0.6) is 5.75 Å². The highest BCUT2D eigenvalue weighted by Gasteiger charge is 2.20. The van der Waals surface area contributed by atoms with Crippen LogP contribution in [0.25, 0.3) is 0 Å². The fraction of sp³-hybridized carbons (Fsp3) is 0.316. The van der Waals surface area contributed by atoms with E-state index in [1.54, 1.807) is 24.3 Å². The molecule has 1 aliphatic heterocycles. The maximum Gasteiger partial charge on any atom is 0.262 e. The highest BCUT2D eigenvalue weighted by Crippen LogP contribution is 2.16. The summed E-state index contributed by atoms with van der Waals surface area (Å²) in [6.45, 7) is 0.805. The number of carbonyl (C=O) groups excluding carboxylic acids is 1. The monoisotopic (exact) mass is 390 g/mol. The van der Waals surface area contributed by atoms with Gasteiger partial charge < -0.3 is 14.8 Å². The number of nitrogens with one attached hydrogen (secondary N) is 2. The molecule has 1 amide bonds. The van der Waals surface area contributed by atoms with E-state index in [0.29, 0.717) is 18.0 Å². The number of anilines is 1. The van der Waals surface area contributed by atoms with E-state index in [9.17, 15) is 13.2 Å². The molecular formula is C19H22N2O5S. The number of benzene rings is 2. The second kappa shape index (κ2) is 8.98. The van der Waals surface area contributed by atoms with E-state index >= 15 is 0 Å². The molecule has 7 nitrogen and oxygen atoms in total. The average Bonchev–Trinajstić information content (AvgIpc) is 3.20. The first kappa shape index (κ1) is 19.3.